The normalized spacial score (nSPS) is 21.7. The van der Waals surface area contributed by atoms with Crippen molar-refractivity contribution >= 4 is 17.4 Å². The van der Waals surface area contributed by atoms with E-state index in [0.29, 0.717) is 12.1 Å². The van der Waals surface area contributed by atoms with E-state index in [4.69, 9.17) is 15.8 Å². The molecule has 1 amide bonds. The maximum absolute atomic E-state index is 13.2. The van der Waals surface area contributed by atoms with Gasteiger partial charge in [0.15, 0.2) is 5.65 Å². The third-order valence-corrected chi connectivity index (χ3v) is 6.39. The summed E-state index contributed by atoms with van der Waals surface area (Å²) in [6, 6.07) is 8.76. The fraction of sp³-hybridized carbons (Fsp3) is 0.435. The van der Waals surface area contributed by atoms with Crippen molar-refractivity contribution in [1.82, 2.24) is 19.5 Å². The molecule has 3 aromatic rings. The molecule has 2 aliphatic heterocycles. The standard InChI is InChI=1S/C23H28N6O2/c1-15-13-29-21(25-22(15)27-11-9-16(24)14-27)12-18(26-29)19-7-4-5-10-28(19)23(31)17-6-2-3-8-20(17)30/h2-3,6,8,12-13,16,19,30H,4-5,7,9-11,14,24H2,1H3/t16-,19-/m0/s1. The summed E-state index contributed by atoms with van der Waals surface area (Å²) in [6.07, 6.45) is 5.80. The maximum atomic E-state index is 13.2. The molecule has 2 aromatic heterocycles. The smallest absolute Gasteiger partial charge is 0.258 e. The number of nitrogens with two attached hydrogens (primary N) is 1. The number of benzene rings is 1. The van der Waals surface area contributed by atoms with Crippen molar-refractivity contribution < 1.29 is 9.90 Å². The Labute approximate surface area is 181 Å². The monoisotopic (exact) mass is 420 g/mol. The fourth-order valence-electron chi connectivity index (χ4n) is 4.77. The van der Waals surface area contributed by atoms with Crippen LogP contribution in [0, 0.1) is 6.92 Å². The number of hydrogen-bond donors (Lipinski definition) is 2. The molecule has 3 N–H and O–H groups in total. The van der Waals surface area contributed by atoms with Crippen molar-refractivity contribution in [2.24, 2.45) is 5.73 Å². The third-order valence-electron chi connectivity index (χ3n) is 6.39. The second kappa shape index (κ2) is 7.85. The molecule has 0 saturated carbocycles. The van der Waals surface area contributed by atoms with E-state index < -0.39 is 0 Å². The number of aryl methyl sites for hydroxylation is 1. The van der Waals surface area contributed by atoms with E-state index in [2.05, 4.69) is 4.90 Å². The van der Waals surface area contributed by atoms with Gasteiger partial charge < -0.3 is 20.6 Å². The first-order chi connectivity index (χ1) is 15.0. The summed E-state index contributed by atoms with van der Waals surface area (Å²) >= 11 is 0. The van der Waals surface area contributed by atoms with Gasteiger partial charge in [0.2, 0.25) is 0 Å². The molecule has 4 heterocycles. The highest BCUT2D eigenvalue weighted by molar-refractivity contribution is 5.97. The van der Waals surface area contributed by atoms with Crippen LogP contribution in [-0.4, -0.2) is 56.2 Å². The molecule has 0 aliphatic carbocycles. The van der Waals surface area contributed by atoms with Gasteiger partial charge in [0.25, 0.3) is 5.91 Å². The van der Waals surface area contributed by atoms with Crippen molar-refractivity contribution in [3.05, 3.63) is 53.3 Å². The summed E-state index contributed by atoms with van der Waals surface area (Å²) in [7, 11) is 0. The first kappa shape index (κ1) is 19.8. The molecule has 5 rings (SSSR count). The van der Waals surface area contributed by atoms with Gasteiger partial charge in [-0.3, -0.25) is 4.79 Å². The van der Waals surface area contributed by atoms with Crippen LogP contribution in [0.2, 0.25) is 0 Å². The molecule has 8 heteroatoms. The first-order valence-electron chi connectivity index (χ1n) is 11.0. The van der Waals surface area contributed by atoms with Crippen LogP contribution in [0.15, 0.2) is 36.5 Å². The van der Waals surface area contributed by atoms with Gasteiger partial charge in [-0.15, -0.1) is 0 Å². The second-order valence-corrected chi connectivity index (χ2v) is 8.64. The Morgan fingerprint density at radius 3 is 2.81 bits per heavy atom. The number of aromatic hydroxyl groups is 1. The molecule has 0 radical (unpaired) electrons. The van der Waals surface area contributed by atoms with Crippen LogP contribution in [0.4, 0.5) is 5.82 Å². The molecule has 2 aliphatic rings. The van der Waals surface area contributed by atoms with Gasteiger partial charge in [-0.1, -0.05) is 12.1 Å². The van der Waals surface area contributed by atoms with Gasteiger partial charge in [0.05, 0.1) is 17.3 Å². The molecule has 31 heavy (non-hydrogen) atoms. The first-order valence-corrected chi connectivity index (χ1v) is 11.0. The number of phenolic OH excluding ortho intramolecular Hbond substituents is 1. The Balaban J connectivity index is 1.48. The zero-order valence-corrected chi connectivity index (χ0v) is 17.7. The minimum absolute atomic E-state index is 0.0116. The number of aromatic nitrogens is 3. The number of piperidine rings is 1. The highest BCUT2D eigenvalue weighted by Gasteiger charge is 2.32. The summed E-state index contributed by atoms with van der Waals surface area (Å²) in [5.74, 6) is 0.811. The van der Waals surface area contributed by atoms with E-state index >= 15 is 0 Å². The molecule has 8 nitrogen and oxygen atoms in total. The van der Waals surface area contributed by atoms with Gasteiger partial charge in [0, 0.05) is 43.5 Å². The molecule has 0 bridgehead atoms. The average molecular weight is 421 g/mol. The fourth-order valence-corrected chi connectivity index (χ4v) is 4.77. The van der Waals surface area contributed by atoms with Gasteiger partial charge >= 0.3 is 0 Å². The molecule has 2 fully saturated rings. The Morgan fingerprint density at radius 1 is 1.19 bits per heavy atom. The summed E-state index contributed by atoms with van der Waals surface area (Å²) in [5.41, 5.74) is 9.09. The molecule has 0 unspecified atom stereocenters. The van der Waals surface area contributed by atoms with E-state index in [-0.39, 0.29) is 23.7 Å². The second-order valence-electron chi connectivity index (χ2n) is 8.64. The summed E-state index contributed by atoms with van der Waals surface area (Å²) < 4.78 is 1.81. The van der Waals surface area contributed by atoms with Gasteiger partial charge in [-0.2, -0.15) is 5.10 Å². The number of likely N-dealkylation sites (tertiary alicyclic amines) is 1. The molecule has 0 spiro atoms. The highest BCUT2D eigenvalue weighted by Crippen LogP contribution is 2.33. The van der Waals surface area contributed by atoms with E-state index in [9.17, 15) is 9.90 Å². The van der Waals surface area contributed by atoms with E-state index in [0.717, 1.165) is 61.5 Å². The zero-order chi connectivity index (χ0) is 21.5. The average Bonchev–Trinajstić information content (AvgIpc) is 3.38. The number of para-hydroxylation sites is 1. The van der Waals surface area contributed by atoms with Gasteiger partial charge in [0.1, 0.15) is 11.6 Å². The van der Waals surface area contributed by atoms with E-state index in [1.807, 2.05) is 24.1 Å². The third kappa shape index (κ3) is 3.61. The van der Waals surface area contributed by atoms with Crippen molar-refractivity contribution in [1.29, 1.82) is 0 Å². The van der Waals surface area contributed by atoms with Crippen LogP contribution in [0.25, 0.3) is 5.65 Å². The molecule has 1 aromatic carbocycles. The van der Waals surface area contributed by atoms with Crippen LogP contribution < -0.4 is 10.6 Å². The Kier molecular flexibility index (Phi) is 5.02. The molecule has 2 atom stereocenters. The highest BCUT2D eigenvalue weighted by atomic mass is 16.3. The lowest BCUT2D eigenvalue weighted by Crippen LogP contribution is -2.38. The molecule has 162 valence electrons. The lowest BCUT2D eigenvalue weighted by molar-refractivity contribution is 0.0602. The number of rotatable bonds is 3. The number of carbonyl (C=O) groups excluding carboxylic acids is 1. The largest absolute Gasteiger partial charge is 0.507 e. The lowest BCUT2D eigenvalue weighted by atomic mass is 9.98. The Hall–Kier alpha value is -3.13. The number of fused-ring (bicyclic) bond motifs is 1. The predicted octanol–water partition coefficient (Wildman–Crippen LogP) is 2.65. The summed E-state index contributed by atoms with van der Waals surface area (Å²) in [6.45, 7) is 4.42. The van der Waals surface area contributed by atoms with Crippen molar-refractivity contribution in [2.75, 3.05) is 24.5 Å². The number of amides is 1. The number of phenols is 1. The van der Waals surface area contributed by atoms with Crippen LogP contribution in [0.1, 0.15) is 53.3 Å². The zero-order valence-electron chi connectivity index (χ0n) is 17.7. The summed E-state index contributed by atoms with van der Waals surface area (Å²) in [4.78, 5) is 22.2. The van der Waals surface area contributed by atoms with Crippen LogP contribution >= 0.6 is 0 Å². The SMILES string of the molecule is Cc1cn2nc([C@@H]3CCCCN3C(=O)c3ccccc3O)cc2nc1N1CC[C@H](N)C1. The maximum Gasteiger partial charge on any atom is 0.258 e. The topological polar surface area (TPSA) is 100.0 Å². The van der Waals surface area contributed by atoms with Gasteiger partial charge in [-0.25, -0.2) is 9.50 Å². The lowest BCUT2D eigenvalue weighted by Gasteiger charge is -2.34. The quantitative estimate of drug-likeness (QED) is 0.676. The van der Waals surface area contributed by atoms with Crippen LogP contribution in [-0.2, 0) is 0 Å². The number of hydrogen-bond acceptors (Lipinski definition) is 6. The van der Waals surface area contributed by atoms with Crippen molar-refractivity contribution in [3.8, 4) is 5.75 Å². The molecular weight excluding hydrogens is 392 g/mol. The molecular formula is C23H28N6O2. The summed E-state index contributed by atoms with van der Waals surface area (Å²) in [5, 5.41) is 15.0. The molecule has 2 saturated heterocycles. The number of nitrogens with zero attached hydrogens (tertiary/aromatic N) is 5. The number of carbonyl (C=O) groups is 1. The Bertz CT molecular complexity index is 1130. The Morgan fingerprint density at radius 2 is 2.03 bits per heavy atom. The minimum Gasteiger partial charge on any atom is -0.507 e. The van der Waals surface area contributed by atoms with Crippen molar-refractivity contribution in [2.45, 2.75) is 44.7 Å². The number of anilines is 1. The van der Waals surface area contributed by atoms with E-state index in [1.165, 1.54) is 0 Å². The van der Waals surface area contributed by atoms with Crippen molar-refractivity contribution in [3.63, 3.8) is 0 Å². The van der Waals surface area contributed by atoms with Crippen LogP contribution in [0.5, 0.6) is 5.75 Å². The predicted molar refractivity (Wildman–Crippen MR) is 118 cm³/mol. The van der Waals surface area contributed by atoms with Crippen LogP contribution in [0.3, 0.4) is 0 Å². The van der Waals surface area contributed by atoms with Gasteiger partial charge in [-0.05, 0) is 44.7 Å². The minimum atomic E-state index is -0.157. The van der Waals surface area contributed by atoms with E-state index in [1.54, 1.807) is 28.8 Å².